The predicted molar refractivity (Wildman–Crippen MR) is 65.4 cm³/mol. The van der Waals surface area contributed by atoms with E-state index < -0.39 is 0 Å². The van der Waals surface area contributed by atoms with Gasteiger partial charge in [-0.25, -0.2) is 0 Å². The Morgan fingerprint density at radius 2 is 2.00 bits per heavy atom. The summed E-state index contributed by atoms with van der Waals surface area (Å²) in [6.07, 6.45) is 6.65. The van der Waals surface area contributed by atoms with E-state index in [0.717, 1.165) is 19.4 Å². The summed E-state index contributed by atoms with van der Waals surface area (Å²) in [5, 5.41) is 2.79. The Hall–Kier alpha value is -1.06. The van der Waals surface area contributed by atoms with Gasteiger partial charge in [-0.15, -0.1) is 0 Å². The van der Waals surface area contributed by atoms with Gasteiger partial charge in [-0.1, -0.05) is 26.2 Å². The average Bonchev–Trinajstić information content (AvgIpc) is 2.78. The normalized spacial score (nSPS) is 26.4. The summed E-state index contributed by atoms with van der Waals surface area (Å²) in [6.45, 7) is 3.08. The maximum Gasteiger partial charge on any atom is 0.245 e. The third-order valence-electron chi connectivity index (χ3n) is 3.81. The van der Waals surface area contributed by atoms with Crippen molar-refractivity contribution in [1.29, 1.82) is 0 Å². The second-order valence-corrected chi connectivity index (χ2v) is 5.28. The Morgan fingerprint density at radius 3 is 2.65 bits per heavy atom. The third kappa shape index (κ3) is 2.99. The second kappa shape index (κ2) is 5.52. The van der Waals surface area contributed by atoms with E-state index >= 15 is 0 Å². The minimum atomic E-state index is -0.275. The van der Waals surface area contributed by atoms with Gasteiger partial charge in [0.1, 0.15) is 6.04 Å². The van der Waals surface area contributed by atoms with Crippen molar-refractivity contribution < 1.29 is 9.59 Å². The van der Waals surface area contributed by atoms with E-state index in [1.165, 1.54) is 25.7 Å². The molecule has 2 amide bonds. The molecule has 0 aromatic carbocycles. The van der Waals surface area contributed by atoms with Crippen molar-refractivity contribution in [1.82, 2.24) is 10.2 Å². The van der Waals surface area contributed by atoms with Gasteiger partial charge in [0, 0.05) is 6.54 Å². The van der Waals surface area contributed by atoms with Crippen molar-refractivity contribution in [2.45, 2.75) is 51.5 Å². The molecule has 4 nitrogen and oxygen atoms in total. The SMILES string of the molecule is CCCC1NC(=O)CN(CC2CCCC2)C1=O. The molecule has 1 saturated heterocycles. The minimum Gasteiger partial charge on any atom is -0.343 e. The molecule has 1 saturated carbocycles. The number of hydrogen-bond acceptors (Lipinski definition) is 2. The molecule has 0 radical (unpaired) electrons. The zero-order valence-corrected chi connectivity index (χ0v) is 10.6. The van der Waals surface area contributed by atoms with Gasteiger partial charge in [-0.2, -0.15) is 0 Å². The Kier molecular flexibility index (Phi) is 4.02. The van der Waals surface area contributed by atoms with Crippen LogP contribution in [0.25, 0.3) is 0 Å². The van der Waals surface area contributed by atoms with Crippen LogP contribution in [0.1, 0.15) is 45.4 Å². The number of rotatable bonds is 4. The number of amides is 2. The molecule has 1 aliphatic heterocycles. The van der Waals surface area contributed by atoms with Gasteiger partial charge in [-0.05, 0) is 25.2 Å². The van der Waals surface area contributed by atoms with E-state index in [9.17, 15) is 9.59 Å². The first-order valence-electron chi connectivity index (χ1n) is 6.79. The number of hydrogen-bond donors (Lipinski definition) is 1. The van der Waals surface area contributed by atoms with Crippen LogP contribution in [0, 0.1) is 5.92 Å². The fourth-order valence-corrected chi connectivity index (χ4v) is 2.92. The fraction of sp³-hybridized carbons (Fsp3) is 0.846. The lowest BCUT2D eigenvalue weighted by Crippen LogP contribution is -2.58. The molecule has 1 atom stereocenters. The summed E-state index contributed by atoms with van der Waals surface area (Å²) in [5.41, 5.74) is 0. The maximum atomic E-state index is 12.2. The molecule has 1 aliphatic carbocycles. The molecule has 2 fully saturated rings. The first-order valence-corrected chi connectivity index (χ1v) is 6.79. The van der Waals surface area contributed by atoms with E-state index in [-0.39, 0.29) is 24.4 Å². The summed E-state index contributed by atoms with van der Waals surface area (Å²) in [6, 6.07) is -0.275. The molecule has 17 heavy (non-hydrogen) atoms. The summed E-state index contributed by atoms with van der Waals surface area (Å²) in [4.78, 5) is 25.5. The van der Waals surface area contributed by atoms with Crippen LogP contribution in [0.3, 0.4) is 0 Å². The van der Waals surface area contributed by atoms with Crippen LogP contribution in [0.15, 0.2) is 0 Å². The van der Waals surface area contributed by atoms with Crippen molar-refractivity contribution in [3.8, 4) is 0 Å². The van der Waals surface area contributed by atoms with Gasteiger partial charge >= 0.3 is 0 Å². The van der Waals surface area contributed by atoms with Crippen LogP contribution in [0.2, 0.25) is 0 Å². The van der Waals surface area contributed by atoms with Gasteiger partial charge in [0.15, 0.2) is 0 Å². The molecule has 0 aromatic heterocycles. The lowest BCUT2D eigenvalue weighted by molar-refractivity contribution is -0.145. The third-order valence-corrected chi connectivity index (χ3v) is 3.81. The smallest absolute Gasteiger partial charge is 0.245 e. The predicted octanol–water partition coefficient (Wildman–Crippen LogP) is 1.30. The van der Waals surface area contributed by atoms with Gasteiger partial charge in [0.05, 0.1) is 6.54 Å². The zero-order chi connectivity index (χ0) is 12.3. The lowest BCUT2D eigenvalue weighted by atomic mass is 10.0. The Bertz CT molecular complexity index is 298. The van der Waals surface area contributed by atoms with Gasteiger partial charge < -0.3 is 10.2 Å². The van der Waals surface area contributed by atoms with Crippen molar-refractivity contribution >= 4 is 11.8 Å². The summed E-state index contributed by atoms with van der Waals surface area (Å²) >= 11 is 0. The lowest BCUT2D eigenvalue weighted by Gasteiger charge is -2.34. The highest BCUT2D eigenvalue weighted by Gasteiger charge is 2.33. The Morgan fingerprint density at radius 1 is 1.29 bits per heavy atom. The zero-order valence-electron chi connectivity index (χ0n) is 10.6. The molecule has 1 unspecified atom stereocenters. The molecule has 0 aromatic rings. The molecule has 0 spiro atoms. The van der Waals surface area contributed by atoms with Crippen molar-refractivity contribution in [2.75, 3.05) is 13.1 Å². The average molecular weight is 238 g/mol. The molecule has 96 valence electrons. The highest BCUT2D eigenvalue weighted by atomic mass is 16.2. The van der Waals surface area contributed by atoms with E-state index in [4.69, 9.17) is 0 Å². The van der Waals surface area contributed by atoms with Crippen molar-refractivity contribution in [3.63, 3.8) is 0 Å². The number of carbonyl (C=O) groups excluding carboxylic acids is 2. The number of piperazine rings is 1. The van der Waals surface area contributed by atoms with Crippen LogP contribution < -0.4 is 5.32 Å². The molecule has 2 rings (SSSR count). The summed E-state index contributed by atoms with van der Waals surface area (Å²) < 4.78 is 0. The van der Waals surface area contributed by atoms with Crippen molar-refractivity contribution in [2.24, 2.45) is 5.92 Å². The first kappa shape index (κ1) is 12.4. The van der Waals surface area contributed by atoms with Crippen LogP contribution in [0.5, 0.6) is 0 Å². The highest BCUT2D eigenvalue weighted by molar-refractivity contribution is 5.94. The summed E-state index contributed by atoms with van der Waals surface area (Å²) in [5.74, 6) is 0.742. The van der Waals surface area contributed by atoms with Gasteiger partial charge in [0.25, 0.3) is 0 Å². The van der Waals surface area contributed by atoms with Crippen LogP contribution >= 0.6 is 0 Å². The minimum absolute atomic E-state index is 0.000969. The van der Waals surface area contributed by atoms with E-state index in [2.05, 4.69) is 5.32 Å². The molecule has 1 heterocycles. The van der Waals surface area contributed by atoms with Gasteiger partial charge in [0.2, 0.25) is 11.8 Å². The summed E-state index contributed by atoms with van der Waals surface area (Å²) in [7, 11) is 0. The molecular formula is C13H22N2O2. The molecule has 4 heteroatoms. The first-order chi connectivity index (χ1) is 8.20. The number of nitrogens with one attached hydrogen (secondary N) is 1. The van der Waals surface area contributed by atoms with Crippen LogP contribution in [0.4, 0.5) is 0 Å². The second-order valence-electron chi connectivity index (χ2n) is 5.28. The quantitative estimate of drug-likeness (QED) is 0.802. The van der Waals surface area contributed by atoms with Gasteiger partial charge in [-0.3, -0.25) is 9.59 Å². The molecule has 0 bridgehead atoms. The monoisotopic (exact) mass is 238 g/mol. The molecular weight excluding hydrogens is 216 g/mol. The number of carbonyl (C=O) groups is 2. The van der Waals surface area contributed by atoms with Crippen LogP contribution in [-0.4, -0.2) is 35.8 Å². The van der Waals surface area contributed by atoms with E-state index in [1.54, 1.807) is 4.90 Å². The maximum absolute atomic E-state index is 12.2. The van der Waals surface area contributed by atoms with Crippen LogP contribution in [-0.2, 0) is 9.59 Å². The molecule has 1 N–H and O–H groups in total. The van der Waals surface area contributed by atoms with E-state index in [1.807, 2.05) is 6.92 Å². The van der Waals surface area contributed by atoms with Crippen molar-refractivity contribution in [3.05, 3.63) is 0 Å². The van der Waals surface area contributed by atoms with E-state index in [0.29, 0.717) is 5.92 Å². The number of nitrogens with zero attached hydrogens (tertiary/aromatic N) is 1. The molecule has 2 aliphatic rings. The topological polar surface area (TPSA) is 49.4 Å². The Balaban J connectivity index is 1.94. The highest BCUT2D eigenvalue weighted by Crippen LogP contribution is 2.26. The largest absolute Gasteiger partial charge is 0.343 e. The fourth-order valence-electron chi connectivity index (χ4n) is 2.92. The standard InChI is InChI=1S/C13H22N2O2/c1-2-5-11-13(17)15(9-12(16)14-11)8-10-6-3-4-7-10/h10-11H,2-9H2,1H3,(H,14,16). The Labute approximate surface area is 103 Å².